The number of likely N-dealkylation sites (N-methyl/N-ethyl adjacent to an activating group) is 1. The summed E-state index contributed by atoms with van der Waals surface area (Å²) in [5.41, 5.74) is 7.05. The van der Waals surface area contributed by atoms with Crippen molar-refractivity contribution in [3.8, 4) is 0 Å². The molecule has 1 aliphatic carbocycles. The summed E-state index contributed by atoms with van der Waals surface area (Å²) in [5, 5.41) is 0. The molecule has 0 saturated heterocycles. The highest BCUT2D eigenvalue weighted by Gasteiger charge is 2.25. The van der Waals surface area contributed by atoms with E-state index in [0.29, 0.717) is 18.5 Å². The SMILES string of the molecule is CN(Cc1cccc(F)c1)C(CN)C1CCCCCC1. The largest absolute Gasteiger partial charge is 0.329 e. The Bertz CT molecular complexity index is 400. The number of nitrogens with two attached hydrogens (primary N) is 1. The van der Waals surface area contributed by atoms with E-state index in [0.717, 1.165) is 12.1 Å². The molecule has 2 rings (SSSR count). The van der Waals surface area contributed by atoms with Crippen molar-refractivity contribution >= 4 is 0 Å². The monoisotopic (exact) mass is 278 g/mol. The summed E-state index contributed by atoms with van der Waals surface area (Å²) in [6.07, 6.45) is 7.96. The van der Waals surface area contributed by atoms with Crippen LogP contribution in [0.25, 0.3) is 0 Å². The topological polar surface area (TPSA) is 29.3 Å². The van der Waals surface area contributed by atoms with E-state index in [1.165, 1.54) is 44.6 Å². The molecule has 0 bridgehead atoms. The summed E-state index contributed by atoms with van der Waals surface area (Å²) in [7, 11) is 2.12. The number of halogens is 1. The van der Waals surface area contributed by atoms with E-state index in [2.05, 4.69) is 11.9 Å². The second-order valence-electron chi connectivity index (χ2n) is 6.10. The van der Waals surface area contributed by atoms with Crippen LogP contribution >= 0.6 is 0 Å². The second-order valence-corrected chi connectivity index (χ2v) is 6.10. The van der Waals surface area contributed by atoms with Crippen LogP contribution in [0.2, 0.25) is 0 Å². The fourth-order valence-electron chi connectivity index (χ4n) is 3.47. The van der Waals surface area contributed by atoms with Crippen LogP contribution in [-0.4, -0.2) is 24.5 Å². The first-order valence-corrected chi connectivity index (χ1v) is 7.85. The molecule has 0 amide bonds. The van der Waals surface area contributed by atoms with Gasteiger partial charge in [0, 0.05) is 19.1 Å². The molecule has 112 valence electrons. The van der Waals surface area contributed by atoms with Crippen molar-refractivity contribution in [3.05, 3.63) is 35.6 Å². The Morgan fingerprint density at radius 3 is 2.55 bits per heavy atom. The number of hydrogen-bond donors (Lipinski definition) is 1. The number of rotatable bonds is 5. The molecule has 1 saturated carbocycles. The van der Waals surface area contributed by atoms with Gasteiger partial charge in [0.15, 0.2) is 0 Å². The van der Waals surface area contributed by atoms with Gasteiger partial charge in [-0.05, 0) is 43.5 Å². The Hall–Kier alpha value is -0.930. The lowest BCUT2D eigenvalue weighted by atomic mass is 9.90. The zero-order valence-corrected chi connectivity index (χ0v) is 12.5. The van der Waals surface area contributed by atoms with E-state index in [1.54, 1.807) is 12.1 Å². The summed E-state index contributed by atoms with van der Waals surface area (Å²) in [4.78, 5) is 2.31. The maximum absolute atomic E-state index is 13.3. The third kappa shape index (κ3) is 4.29. The van der Waals surface area contributed by atoms with E-state index in [4.69, 9.17) is 5.73 Å². The van der Waals surface area contributed by atoms with Gasteiger partial charge in [0.1, 0.15) is 5.82 Å². The van der Waals surface area contributed by atoms with Crippen LogP contribution in [0.5, 0.6) is 0 Å². The van der Waals surface area contributed by atoms with Crippen molar-refractivity contribution in [1.82, 2.24) is 4.90 Å². The Morgan fingerprint density at radius 2 is 1.95 bits per heavy atom. The van der Waals surface area contributed by atoms with Crippen molar-refractivity contribution in [2.24, 2.45) is 11.7 Å². The molecule has 1 aromatic carbocycles. The smallest absolute Gasteiger partial charge is 0.123 e. The molecule has 2 N–H and O–H groups in total. The lowest BCUT2D eigenvalue weighted by Crippen LogP contribution is -2.43. The predicted octanol–water partition coefficient (Wildman–Crippen LogP) is 3.56. The van der Waals surface area contributed by atoms with Crippen molar-refractivity contribution < 1.29 is 4.39 Å². The van der Waals surface area contributed by atoms with Crippen molar-refractivity contribution in [2.75, 3.05) is 13.6 Å². The third-order valence-electron chi connectivity index (χ3n) is 4.57. The van der Waals surface area contributed by atoms with Crippen LogP contribution in [0, 0.1) is 11.7 Å². The summed E-state index contributed by atoms with van der Waals surface area (Å²) in [5.74, 6) is 0.538. The van der Waals surface area contributed by atoms with Gasteiger partial charge in [0.05, 0.1) is 0 Å². The Kier molecular flexibility index (Phi) is 5.99. The summed E-state index contributed by atoms with van der Waals surface area (Å²) in [6, 6.07) is 7.30. The Balaban J connectivity index is 1.98. The highest BCUT2D eigenvalue weighted by Crippen LogP contribution is 2.28. The maximum Gasteiger partial charge on any atom is 0.123 e. The molecule has 1 fully saturated rings. The van der Waals surface area contributed by atoms with E-state index < -0.39 is 0 Å². The molecule has 1 unspecified atom stereocenters. The van der Waals surface area contributed by atoms with Crippen LogP contribution in [0.15, 0.2) is 24.3 Å². The standard InChI is InChI=1S/C17H27FN2/c1-20(13-14-7-6-10-16(18)11-14)17(12-19)15-8-4-2-3-5-9-15/h6-7,10-11,15,17H,2-5,8-9,12-13,19H2,1H3. The molecule has 0 spiro atoms. The molecule has 0 heterocycles. The van der Waals surface area contributed by atoms with Gasteiger partial charge < -0.3 is 5.73 Å². The van der Waals surface area contributed by atoms with E-state index in [-0.39, 0.29) is 5.82 Å². The minimum absolute atomic E-state index is 0.158. The fourth-order valence-corrected chi connectivity index (χ4v) is 3.47. The Labute approximate surface area is 122 Å². The second kappa shape index (κ2) is 7.75. The number of benzene rings is 1. The van der Waals surface area contributed by atoms with Gasteiger partial charge in [0.2, 0.25) is 0 Å². The molecule has 3 heteroatoms. The number of hydrogen-bond acceptors (Lipinski definition) is 2. The normalized spacial score (nSPS) is 19.0. The highest BCUT2D eigenvalue weighted by atomic mass is 19.1. The van der Waals surface area contributed by atoms with Gasteiger partial charge in [-0.15, -0.1) is 0 Å². The number of nitrogens with zero attached hydrogens (tertiary/aromatic N) is 1. The average Bonchev–Trinajstić information content (AvgIpc) is 2.69. The minimum Gasteiger partial charge on any atom is -0.329 e. The zero-order chi connectivity index (χ0) is 14.4. The van der Waals surface area contributed by atoms with Crippen LogP contribution in [0.3, 0.4) is 0 Å². The molecule has 1 aliphatic rings. The Morgan fingerprint density at radius 1 is 1.25 bits per heavy atom. The molecule has 0 aliphatic heterocycles. The summed E-state index contributed by atoms with van der Waals surface area (Å²) >= 11 is 0. The third-order valence-corrected chi connectivity index (χ3v) is 4.57. The first-order valence-electron chi connectivity index (χ1n) is 7.85. The van der Waals surface area contributed by atoms with Gasteiger partial charge in [-0.2, -0.15) is 0 Å². The van der Waals surface area contributed by atoms with Gasteiger partial charge >= 0.3 is 0 Å². The molecule has 0 aromatic heterocycles. The highest BCUT2D eigenvalue weighted by molar-refractivity contribution is 5.16. The van der Waals surface area contributed by atoms with Crippen LogP contribution in [0.4, 0.5) is 4.39 Å². The minimum atomic E-state index is -0.158. The molecule has 0 radical (unpaired) electrons. The molecule has 20 heavy (non-hydrogen) atoms. The zero-order valence-electron chi connectivity index (χ0n) is 12.5. The molecular formula is C17H27FN2. The average molecular weight is 278 g/mol. The molecule has 1 aromatic rings. The lowest BCUT2D eigenvalue weighted by molar-refractivity contribution is 0.160. The summed E-state index contributed by atoms with van der Waals surface area (Å²) < 4.78 is 13.3. The van der Waals surface area contributed by atoms with E-state index in [9.17, 15) is 4.39 Å². The fraction of sp³-hybridized carbons (Fsp3) is 0.647. The van der Waals surface area contributed by atoms with Crippen molar-refractivity contribution in [3.63, 3.8) is 0 Å². The molecular weight excluding hydrogens is 251 g/mol. The molecule has 1 atom stereocenters. The van der Waals surface area contributed by atoms with Crippen molar-refractivity contribution in [2.45, 2.75) is 51.1 Å². The van der Waals surface area contributed by atoms with Crippen LogP contribution in [-0.2, 0) is 6.54 Å². The van der Waals surface area contributed by atoms with Crippen molar-refractivity contribution in [1.29, 1.82) is 0 Å². The first kappa shape index (κ1) is 15.5. The quantitative estimate of drug-likeness (QED) is 0.835. The van der Waals surface area contributed by atoms with Gasteiger partial charge in [0.25, 0.3) is 0 Å². The van der Waals surface area contributed by atoms with Crippen LogP contribution in [0.1, 0.15) is 44.1 Å². The van der Waals surface area contributed by atoms with E-state index in [1.807, 2.05) is 6.07 Å². The van der Waals surface area contributed by atoms with Gasteiger partial charge in [-0.25, -0.2) is 4.39 Å². The first-order chi connectivity index (χ1) is 9.70. The lowest BCUT2D eigenvalue weighted by Gasteiger charge is -2.33. The van der Waals surface area contributed by atoms with Crippen LogP contribution < -0.4 is 5.73 Å². The van der Waals surface area contributed by atoms with Gasteiger partial charge in [-0.3, -0.25) is 4.90 Å². The predicted molar refractivity (Wildman–Crippen MR) is 81.9 cm³/mol. The summed E-state index contributed by atoms with van der Waals surface area (Å²) in [6.45, 7) is 1.46. The maximum atomic E-state index is 13.3. The molecule has 2 nitrogen and oxygen atoms in total. The van der Waals surface area contributed by atoms with E-state index >= 15 is 0 Å². The van der Waals surface area contributed by atoms with Gasteiger partial charge in [-0.1, -0.05) is 37.8 Å².